The standard InChI is InChI=1S/C15H17ClN2O/c1-10-9-11(19-3)6-7-12(10)14(17-2)15-13(16)5-4-8-18-15/h4-9,14,17H,1-3H3. The van der Waals surface area contributed by atoms with Crippen LogP contribution in [-0.4, -0.2) is 19.1 Å². The number of nitrogens with zero attached hydrogens (tertiary/aromatic N) is 1. The zero-order valence-corrected chi connectivity index (χ0v) is 12.0. The van der Waals surface area contributed by atoms with Crippen molar-refractivity contribution in [2.24, 2.45) is 0 Å². The maximum absolute atomic E-state index is 6.23. The van der Waals surface area contributed by atoms with Crippen molar-refractivity contribution >= 4 is 11.6 Å². The second kappa shape index (κ2) is 6.04. The van der Waals surface area contributed by atoms with Crippen molar-refractivity contribution in [3.8, 4) is 5.75 Å². The number of pyridine rings is 1. The first kappa shape index (κ1) is 13.8. The molecule has 0 bridgehead atoms. The third-order valence-electron chi connectivity index (χ3n) is 3.14. The van der Waals surface area contributed by atoms with E-state index in [1.807, 2.05) is 37.4 Å². The number of ether oxygens (including phenoxy) is 1. The highest BCUT2D eigenvalue weighted by Crippen LogP contribution is 2.29. The fourth-order valence-corrected chi connectivity index (χ4v) is 2.38. The molecule has 0 saturated carbocycles. The minimum Gasteiger partial charge on any atom is -0.497 e. The Balaban J connectivity index is 2.46. The first-order valence-corrected chi connectivity index (χ1v) is 6.47. The molecular formula is C15H17ClN2O. The largest absolute Gasteiger partial charge is 0.497 e. The van der Waals surface area contributed by atoms with Crippen molar-refractivity contribution in [3.63, 3.8) is 0 Å². The van der Waals surface area contributed by atoms with E-state index >= 15 is 0 Å². The molecule has 1 aromatic heterocycles. The third kappa shape index (κ3) is 2.88. The van der Waals surface area contributed by atoms with Crippen LogP contribution in [0.15, 0.2) is 36.5 Å². The molecule has 0 amide bonds. The third-order valence-corrected chi connectivity index (χ3v) is 3.46. The fourth-order valence-electron chi connectivity index (χ4n) is 2.15. The van der Waals surface area contributed by atoms with Crippen molar-refractivity contribution in [2.45, 2.75) is 13.0 Å². The summed E-state index contributed by atoms with van der Waals surface area (Å²) in [6.07, 6.45) is 1.75. The summed E-state index contributed by atoms with van der Waals surface area (Å²) in [7, 11) is 3.57. The van der Waals surface area contributed by atoms with E-state index in [1.165, 1.54) is 0 Å². The Morgan fingerprint density at radius 1 is 1.32 bits per heavy atom. The average molecular weight is 277 g/mol. The van der Waals surface area contributed by atoms with Crippen LogP contribution in [0.3, 0.4) is 0 Å². The molecule has 0 spiro atoms. The predicted octanol–water partition coefficient (Wildman–Crippen LogP) is 3.36. The molecule has 0 radical (unpaired) electrons. The molecule has 0 aliphatic rings. The molecular weight excluding hydrogens is 260 g/mol. The number of aryl methyl sites for hydroxylation is 1. The Hall–Kier alpha value is -1.58. The van der Waals surface area contributed by atoms with Gasteiger partial charge in [-0.15, -0.1) is 0 Å². The van der Waals surface area contributed by atoms with Crippen LogP contribution in [0.1, 0.15) is 22.9 Å². The smallest absolute Gasteiger partial charge is 0.119 e. The topological polar surface area (TPSA) is 34.1 Å². The summed E-state index contributed by atoms with van der Waals surface area (Å²) in [6, 6.07) is 9.66. The van der Waals surface area contributed by atoms with Crippen LogP contribution in [-0.2, 0) is 0 Å². The molecule has 1 unspecified atom stereocenters. The van der Waals surface area contributed by atoms with Gasteiger partial charge in [0, 0.05) is 6.20 Å². The molecule has 1 heterocycles. The van der Waals surface area contributed by atoms with Crippen molar-refractivity contribution in [3.05, 3.63) is 58.4 Å². The molecule has 0 saturated heterocycles. The van der Waals surface area contributed by atoms with Crippen molar-refractivity contribution in [1.82, 2.24) is 10.3 Å². The van der Waals surface area contributed by atoms with Crippen molar-refractivity contribution in [2.75, 3.05) is 14.2 Å². The number of aromatic nitrogens is 1. The van der Waals surface area contributed by atoms with Crippen LogP contribution in [0, 0.1) is 6.92 Å². The molecule has 2 aromatic rings. The van der Waals surface area contributed by atoms with E-state index in [1.54, 1.807) is 13.3 Å². The molecule has 1 N–H and O–H groups in total. The van der Waals surface area contributed by atoms with E-state index < -0.39 is 0 Å². The first-order valence-electron chi connectivity index (χ1n) is 6.09. The molecule has 0 fully saturated rings. The molecule has 1 atom stereocenters. The van der Waals surface area contributed by atoms with E-state index in [0.717, 1.165) is 22.6 Å². The lowest BCUT2D eigenvalue weighted by Crippen LogP contribution is -2.20. The molecule has 3 nitrogen and oxygen atoms in total. The maximum Gasteiger partial charge on any atom is 0.119 e. The van der Waals surface area contributed by atoms with Crippen LogP contribution in [0.5, 0.6) is 5.75 Å². The Morgan fingerprint density at radius 3 is 2.68 bits per heavy atom. The second-order valence-corrected chi connectivity index (χ2v) is 4.72. The Labute approximate surface area is 118 Å². The predicted molar refractivity (Wildman–Crippen MR) is 77.9 cm³/mol. The second-order valence-electron chi connectivity index (χ2n) is 4.31. The normalized spacial score (nSPS) is 12.2. The Kier molecular flexibility index (Phi) is 4.40. The fraction of sp³-hybridized carbons (Fsp3) is 0.267. The summed E-state index contributed by atoms with van der Waals surface area (Å²) in [5.41, 5.74) is 3.12. The number of hydrogen-bond donors (Lipinski definition) is 1. The quantitative estimate of drug-likeness (QED) is 0.930. The molecule has 19 heavy (non-hydrogen) atoms. The lowest BCUT2D eigenvalue weighted by molar-refractivity contribution is 0.414. The van der Waals surface area contributed by atoms with Crippen LogP contribution in [0.2, 0.25) is 5.02 Å². The summed E-state index contributed by atoms with van der Waals surface area (Å²) >= 11 is 6.23. The van der Waals surface area contributed by atoms with Gasteiger partial charge in [-0.05, 0) is 49.4 Å². The number of hydrogen-bond acceptors (Lipinski definition) is 3. The van der Waals surface area contributed by atoms with Gasteiger partial charge in [0.05, 0.1) is 23.9 Å². The minimum atomic E-state index is -0.0281. The lowest BCUT2D eigenvalue weighted by atomic mass is 9.98. The zero-order chi connectivity index (χ0) is 13.8. The van der Waals surface area contributed by atoms with Crippen LogP contribution in [0.25, 0.3) is 0 Å². The van der Waals surface area contributed by atoms with E-state index in [4.69, 9.17) is 16.3 Å². The summed E-state index contributed by atoms with van der Waals surface area (Å²) in [4.78, 5) is 4.38. The van der Waals surface area contributed by atoms with Crippen molar-refractivity contribution < 1.29 is 4.74 Å². The number of rotatable bonds is 4. The highest BCUT2D eigenvalue weighted by Gasteiger charge is 2.18. The van der Waals surface area contributed by atoms with Crippen LogP contribution < -0.4 is 10.1 Å². The van der Waals surface area contributed by atoms with Gasteiger partial charge in [0.25, 0.3) is 0 Å². The van der Waals surface area contributed by atoms with Gasteiger partial charge in [0.15, 0.2) is 0 Å². The van der Waals surface area contributed by atoms with Gasteiger partial charge in [0.2, 0.25) is 0 Å². The van der Waals surface area contributed by atoms with Crippen molar-refractivity contribution in [1.29, 1.82) is 0 Å². The van der Waals surface area contributed by atoms with Gasteiger partial charge < -0.3 is 10.1 Å². The lowest BCUT2D eigenvalue weighted by Gasteiger charge is -2.19. The van der Waals surface area contributed by atoms with E-state index in [9.17, 15) is 0 Å². The van der Waals surface area contributed by atoms with Gasteiger partial charge in [0.1, 0.15) is 5.75 Å². The monoisotopic (exact) mass is 276 g/mol. The summed E-state index contributed by atoms with van der Waals surface area (Å²) in [6.45, 7) is 2.05. The van der Waals surface area contributed by atoms with E-state index in [-0.39, 0.29) is 6.04 Å². The van der Waals surface area contributed by atoms with Crippen LogP contribution in [0.4, 0.5) is 0 Å². The number of halogens is 1. The number of benzene rings is 1. The number of methoxy groups -OCH3 is 1. The molecule has 1 aromatic carbocycles. The van der Waals surface area contributed by atoms with Gasteiger partial charge in [-0.1, -0.05) is 17.7 Å². The minimum absolute atomic E-state index is 0.0281. The molecule has 4 heteroatoms. The molecule has 2 rings (SSSR count). The highest BCUT2D eigenvalue weighted by molar-refractivity contribution is 6.31. The van der Waals surface area contributed by atoms with Gasteiger partial charge in [-0.25, -0.2) is 0 Å². The number of nitrogens with one attached hydrogen (secondary N) is 1. The highest BCUT2D eigenvalue weighted by atomic mass is 35.5. The van der Waals surface area contributed by atoms with E-state index in [0.29, 0.717) is 5.02 Å². The summed E-state index contributed by atoms with van der Waals surface area (Å²) in [5.74, 6) is 0.850. The van der Waals surface area contributed by atoms with E-state index in [2.05, 4.69) is 17.2 Å². The summed E-state index contributed by atoms with van der Waals surface area (Å²) in [5, 5.41) is 3.93. The molecule has 100 valence electrons. The zero-order valence-electron chi connectivity index (χ0n) is 11.3. The SMILES string of the molecule is CNC(c1ccc(OC)cc1C)c1ncccc1Cl. The maximum atomic E-state index is 6.23. The Bertz CT molecular complexity index is 572. The van der Waals surface area contributed by atoms with Crippen LogP contribution >= 0.6 is 11.6 Å². The first-order chi connectivity index (χ1) is 9.17. The summed E-state index contributed by atoms with van der Waals surface area (Å²) < 4.78 is 5.23. The molecule has 0 aliphatic heterocycles. The van der Waals surface area contributed by atoms with Gasteiger partial charge in [-0.2, -0.15) is 0 Å². The van der Waals surface area contributed by atoms with Gasteiger partial charge in [-0.3, -0.25) is 4.98 Å². The molecule has 0 aliphatic carbocycles. The average Bonchev–Trinajstić information content (AvgIpc) is 2.43. The Morgan fingerprint density at radius 2 is 2.11 bits per heavy atom. The van der Waals surface area contributed by atoms with Gasteiger partial charge >= 0.3 is 0 Å².